The molecular formula is C20H23N3OS2. The first-order valence-electron chi connectivity index (χ1n) is 9.11. The van der Waals surface area contributed by atoms with E-state index in [0.717, 1.165) is 46.2 Å². The summed E-state index contributed by atoms with van der Waals surface area (Å²) in [5.74, 6) is 0.0466. The van der Waals surface area contributed by atoms with Crippen molar-refractivity contribution in [1.29, 1.82) is 0 Å². The van der Waals surface area contributed by atoms with E-state index in [0.29, 0.717) is 6.04 Å². The Morgan fingerprint density at radius 2 is 1.92 bits per heavy atom. The standard InChI is InChI=1S/C20H23N3OS2/c1-13(2)23-11-9-14(10-12-23)21-19(24)17-7-8-18(25-17)20-22-15-5-3-4-6-16(15)26-20/h3-8,13-14H,9-12H2,1-2H3,(H,21,24). The van der Waals surface area contributed by atoms with Gasteiger partial charge in [0.25, 0.3) is 5.91 Å². The number of carbonyl (C=O) groups is 1. The fourth-order valence-electron chi connectivity index (χ4n) is 3.37. The molecule has 1 saturated heterocycles. The number of fused-ring (bicyclic) bond motifs is 1. The molecule has 0 atom stereocenters. The van der Waals surface area contributed by atoms with Gasteiger partial charge in [-0.15, -0.1) is 22.7 Å². The van der Waals surface area contributed by atoms with Crippen LogP contribution >= 0.6 is 22.7 Å². The van der Waals surface area contributed by atoms with Crippen LogP contribution in [0.1, 0.15) is 36.4 Å². The lowest BCUT2D eigenvalue weighted by Gasteiger charge is -2.34. The number of hydrogen-bond donors (Lipinski definition) is 1. The van der Waals surface area contributed by atoms with Crippen LogP contribution in [-0.2, 0) is 0 Å². The minimum Gasteiger partial charge on any atom is -0.349 e. The molecule has 0 bridgehead atoms. The minimum absolute atomic E-state index is 0.0466. The molecule has 0 radical (unpaired) electrons. The van der Waals surface area contributed by atoms with Crippen LogP contribution in [0, 0.1) is 0 Å². The zero-order valence-electron chi connectivity index (χ0n) is 15.1. The van der Waals surface area contributed by atoms with E-state index in [4.69, 9.17) is 0 Å². The Balaban J connectivity index is 1.42. The van der Waals surface area contributed by atoms with Crippen molar-refractivity contribution in [3.8, 4) is 9.88 Å². The number of hydrogen-bond acceptors (Lipinski definition) is 5. The summed E-state index contributed by atoms with van der Waals surface area (Å²) in [7, 11) is 0. The lowest BCUT2D eigenvalue weighted by atomic mass is 10.0. The third kappa shape index (κ3) is 3.68. The summed E-state index contributed by atoms with van der Waals surface area (Å²) in [5, 5.41) is 4.20. The molecule has 6 heteroatoms. The van der Waals surface area contributed by atoms with Crippen molar-refractivity contribution in [3.63, 3.8) is 0 Å². The van der Waals surface area contributed by atoms with Gasteiger partial charge in [0.2, 0.25) is 0 Å². The lowest BCUT2D eigenvalue weighted by molar-refractivity contribution is 0.0904. The molecule has 1 fully saturated rings. The smallest absolute Gasteiger partial charge is 0.261 e. The Kier molecular flexibility index (Phi) is 5.07. The molecule has 4 nitrogen and oxygen atoms in total. The highest BCUT2D eigenvalue weighted by molar-refractivity contribution is 7.26. The molecule has 1 aromatic carbocycles. The number of thiazole rings is 1. The van der Waals surface area contributed by atoms with Gasteiger partial charge in [0.05, 0.1) is 20.0 Å². The van der Waals surface area contributed by atoms with E-state index in [2.05, 4.69) is 35.1 Å². The Bertz CT molecular complexity index is 874. The molecule has 1 N–H and O–H groups in total. The van der Waals surface area contributed by atoms with Crippen molar-refractivity contribution in [2.75, 3.05) is 13.1 Å². The molecule has 2 aromatic heterocycles. The lowest BCUT2D eigenvalue weighted by Crippen LogP contribution is -2.46. The zero-order valence-corrected chi connectivity index (χ0v) is 16.7. The van der Waals surface area contributed by atoms with Gasteiger partial charge in [0.15, 0.2) is 0 Å². The molecule has 26 heavy (non-hydrogen) atoms. The van der Waals surface area contributed by atoms with Crippen LogP contribution in [0.4, 0.5) is 0 Å². The predicted octanol–water partition coefficient (Wildman–Crippen LogP) is 4.63. The number of aromatic nitrogens is 1. The van der Waals surface area contributed by atoms with Crippen LogP contribution in [-0.4, -0.2) is 41.0 Å². The normalized spacial score (nSPS) is 16.4. The summed E-state index contributed by atoms with van der Waals surface area (Å²) in [6, 6.07) is 12.9. The average Bonchev–Trinajstić information content (AvgIpc) is 3.29. The molecule has 3 heterocycles. The maximum absolute atomic E-state index is 12.6. The first-order valence-corrected chi connectivity index (χ1v) is 10.7. The molecule has 0 aliphatic carbocycles. The van der Waals surface area contributed by atoms with Crippen molar-refractivity contribution in [2.45, 2.75) is 38.8 Å². The third-order valence-corrected chi connectivity index (χ3v) is 7.22. The van der Waals surface area contributed by atoms with Crippen LogP contribution in [0.5, 0.6) is 0 Å². The van der Waals surface area contributed by atoms with Crippen molar-refractivity contribution >= 4 is 38.8 Å². The number of likely N-dealkylation sites (tertiary alicyclic amines) is 1. The first kappa shape index (κ1) is 17.6. The first-order chi connectivity index (χ1) is 12.6. The van der Waals surface area contributed by atoms with Crippen LogP contribution in [0.25, 0.3) is 20.1 Å². The summed E-state index contributed by atoms with van der Waals surface area (Å²) < 4.78 is 1.18. The van der Waals surface area contributed by atoms with Gasteiger partial charge in [-0.1, -0.05) is 12.1 Å². The molecule has 0 saturated carbocycles. The Morgan fingerprint density at radius 1 is 1.15 bits per heavy atom. The number of para-hydroxylation sites is 1. The van der Waals surface area contributed by atoms with Gasteiger partial charge < -0.3 is 10.2 Å². The second kappa shape index (κ2) is 7.47. The van der Waals surface area contributed by atoms with Gasteiger partial charge >= 0.3 is 0 Å². The molecule has 3 aromatic rings. The Hall–Kier alpha value is -1.76. The minimum atomic E-state index is 0.0466. The van der Waals surface area contributed by atoms with Gasteiger partial charge in [-0.05, 0) is 51.0 Å². The zero-order chi connectivity index (χ0) is 18.1. The topological polar surface area (TPSA) is 45.2 Å². The van der Waals surface area contributed by atoms with Crippen LogP contribution in [0.15, 0.2) is 36.4 Å². The highest BCUT2D eigenvalue weighted by Gasteiger charge is 2.23. The van der Waals surface area contributed by atoms with Crippen molar-refractivity contribution in [2.24, 2.45) is 0 Å². The second-order valence-corrected chi connectivity index (χ2v) is 9.14. The molecule has 1 aliphatic rings. The molecule has 4 rings (SSSR count). The van der Waals surface area contributed by atoms with Crippen molar-refractivity contribution in [3.05, 3.63) is 41.3 Å². The molecular weight excluding hydrogens is 362 g/mol. The number of rotatable bonds is 4. The average molecular weight is 386 g/mol. The van der Waals surface area contributed by atoms with Gasteiger partial charge in [-0.3, -0.25) is 4.79 Å². The molecule has 0 spiro atoms. The van der Waals surface area contributed by atoms with E-state index in [1.54, 1.807) is 11.3 Å². The number of nitrogens with zero attached hydrogens (tertiary/aromatic N) is 2. The Morgan fingerprint density at radius 3 is 2.65 bits per heavy atom. The number of amides is 1. The van der Waals surface area contributed by atoms with Crippen LogP contribution in [0.2, 0.25) is 0 Å². The van der Waals surface area contributed by atoms with E-state index in [9.17, 15) is 4.79 Å². The largest absolute Gasteiger partial charge is 0.349 e. The molecule has 1 aliphatic heterocycles. The van der Waals surface area contributed by atoms with Gasteiger partial charge in [-0.25, -0.2) is 4.98 Å². The summed E-state index contributed by atoms with van der Waals surface area (Å²) >= 11 is 3.20. The van der Waals surface area contributed by atoms with E-state index in [1.807, 2.05) is 30.3 Å². The highest BCUT2D eigenvalue weighted by Crippen LogP contribution is 2.34. The van der Waals surface area contributed by atoms with Gasteiger partial charge in [-0.2, -0.15) is 0 Å². The summed E-state index contributed by atoms with van der Waals surface area (Å²) in [6.45, 7) is 6.58. The van der Waals surface area contributed by atoms with Gasteiger partial charge in [0.1, 0.15) is 5.01 Å². The van der Waals surface area contributed by atoms with Crippen LogP contribution < -0.4 is 5.32 Å². The predicted molar refractivity (Wildman–Crippen MR) is 110 cm³/mol. The quantitative estimate of drug-likeness (QED) is 0.712. The third-order valence-electron chi connectivity index (χ3n) is 4.93. The number of benzene rings is 1. The van der Waals surface area contributed by atoms with Crippen molar-refractivity contribution < 1.29 is 4.79 Å². The van der Waals surface area contributed by atoms with E-state index < -0.39 is 0 Å². The summed E-state index contributed by atoms with van der Waals surface area (Å²) in [6.07, 6.45) is 2.06. The number of thiophene rings is 1. The molecule has 136 valence electrons. The summed E-state index contributed by atoms with van der Waals surface area (Å²) in [4.78, 5) is 21.6. The monoisotopic (exact) mass is 385 g/mol. The molecule has 0 unspecified atom stereocenters. The number of piperidine rings is 1. The number of nitrogens with one attached hydrogen (secondary N) is 1. The fourth-order valence-corrected chi connectivity index (χ4v) is 5.30. The summed E-state index contributed by atoms with van der Waals surface area (Å²) in [5.41, 5.74) is 1.02. The fraction of sp³-hybridized carbons (Fsp3) is 0.400. The highest BCUT2D eigenvalue weighted by atomic mass is 32.1. The second-order valence-electron chi connectivity index (χ2n) is 7.03. The van der Waals surface area contributed by atoms with Crippen LogP contribution in [0.3, 0.4) is 0 Å². The van der Waals surface area contributed by atoms with Crippen molar-refractivity contribution in [1.82, 2.24) is 15.2 Å². The molecule has 1 amide bonds. The maximum atomic E-state index is 12.6. The maximum Gasteiger partial charge on any atom is 0.261 e. The Labute approximate surface area is 161 Å². The van der Waals surface area contributed by atoms with E-state index in [-0.39, 0.29) is 11.9 Å². The van der Waals surface area contributed by atoms with E-state index >= 15 is 0 Å². The SMILES string of the molecule is CC(C)N1CCC(NC(=O)c2ccc(-c3nc4ccccc4s3)s2)CC1. The number of carbonyl (C=O) groups excluding carboxylic acids is 1. The van der Waals surface area contributed by atoms with Gasteiger partial charge in [0, 0.05) is 25.2 Å². The van der Waals surface area contributed by atoms with E-state index in [1.165, 1.54) is 16.0 Å².